The fraction of sp³-hybridized carbons (Fsp3) is 0.273. The highest BCUT2D eigenvalue weighted by atomic mass is 79.9. The molecule has 4 nitrogen and oxygen atoms in total. The van der Waals surface area contributed by atoms with Gasteiger partial charge in [-0.15, -0.1) is 0 Å². The molecule has 1 unspecified atom stereocenters. The molecule has 0 saturated carbocycles. The van der Waals surface area contributed by atoms with Gasteiger partial charge in [0.2, 0.25) is 0 Å². The van der Waals surface area contributed by atoms with Crippen molar-refractivity contribution in [1.82, 2.24) is 14.8 Å². The lowest BCUT2D eigenvalue weighted by Crippen LogP contribution is -2.17. The van der Waals surface area contributed by atoms with E-state index in [-0.39, 0.29) is 5.82 Å². The molecule has 17 heavy (non-hydrogen) atoms. The normalized spacial score (nSPS) is 12.7. The lowest BCUT2D eigenvalue weighted by Gasteiger charge is -2.12. The average molecular weight is 299 g/mol. The lowest BCUT2D eigenvalue weighted by atomic mass is 10.0. The van der Waals surface area contributed by atoms with E-state index in [4.69, 9.17) is 5.73 Å². The van der Waals surface area contributed by atoms with Gasteiger partial charge in [-0.1, -0.05) is 15.9 Å². The number of hydrogen-bond acceptors (Lipinski definition) is 3. The van der Waals surface area contributed by atoms with Crippen LogP contribution in [-0.4, -0.2) is 14.8 Å². The van der Waals surface area contributed by atoms with Gasteiger partial charge in [0.25, 0.3) is 0 Å². The summed E-state index contributed by atoms with van der Waals surface area (Å²) in [6.07, 6.45) is 1.91. The Labute approximate surface area is 107 Å². The van der Waals surface area contributed by atoms with Gasteiger partial charge < -0.3 is 5.73 Å². The molecule has 90 valence electrons. The molecular formula is C11H12BrFN4. The maximum atomic E-state index is 13.6. The average Bonchev–Trinajstić information content (AvgIpc) is 2.68. The Morgan fingerprint density at radius 3 is 2.94 bits per heavy atom. The standard InChI is InChI=1S/C11H12BrFN4/c1-17-11(15-6-16-17)5-10(14)8-4-7(12)2-3-9(8)13/h2-4,6,10H,5,14H2,1H3. The molecule has 2 N–H and O–H groups in total. The predicted molar refractivity (Wildman–Crippen MR) is 65.7 cm³/mol. The maximum Gasteiger partial charge on any atom is 0.138 e. The zero-order valence-electron chi connectivity index (χ0n) is 9.27. The van der Waals surface area contributed by atoms with Gasteiger partial charge in [0.15, 0.2) is 0 Å². The number of aromatic nitrogens is 3. The zero-order valence-corrected chi connectivity index (χ0v) is 10.9. The summed E-state index contributed by atoms with van der Waals surface area (Å²) in [5.74, 6) is 0.430. The van der Waals surface area contributed by atoms with Crippen molar-refractivity contribution in [2.24, 2.45) is 12.8 Å². The largest absolute Gasteiger partial charge is 0.323 e. The highest BCUT2D eigenvalue weighted by Crippen LogP contribution is 2.22. The summed E-state index contributed by atoms with van der Waals surface area (Å²) in [4.78, 5) is 4.07. The molecule has 0 aliphatic carbocycles. The van der Waals surface area contributed by atoms with Crippen LogP contribution in [0.1, 0.15) is 17.4 Å². The summed E-state index contributed by atoms with van der Waals surface area (Å²) in [5.41, 5.74) is 6.46. The molecule has 1 heterocycles. The van der Waals surface area contributed by atoms with E-state index in [1.165, 1.54) is 12.4 Å². The molecule has 0 bridgehead atoms. The molecular weight excluding hydrogens is 287 g/mol. The molecule has 0 spiro atoms. The van der Waals surface area contributed by atoms with Crippen LogP contribution in [0, 0.1) is 5.82 Å². The Balaban J connectivity index is 2.23. The van der Waals surface area contributed by atoms with Gasteiger partial charge in [0.05, 0.1) is 0 Å². The number of rotatable bonds is 3. The van der Waals surface area contributed by atoms with Crippen molar-refractivity contribution in [2.45, 2.75) is 12.5 Å². The number of hydrogen-bond donors (Lipinski definition) is 1. The topological polar surface area (TPSA) is 56.7 Å². The number of halogens is 2. The van der Waals surface area contributed by atoms with Crippen LogP contribution in [0.15, 0.2) is 29.0 Å². The minimum absolute atomic E-state index is 0.303. The summed E-state index contributed by atoms with van der Waals surface area (Å²) in [5, 5.41) is 3.95. The van der Waals surface area contributed by atoms with Crippen LogP contribution in [0.3, 0.4) is 0 Å². The molecule has 1 aromatic heterocycles. The molecule has 2 aromatic rings. The smallest absolute Gasteiger partial charge is 0.138 e. The second-order valence-electron chi connectivity index (χ2n) is 3.78. The van der Waals surface area contributed by atoms with E-state index in [1.807, 2.05) is 0 Å². The van der Waals surface area contributed by atoms with Crippen molar-refractivity contribution in [3.8, 4) is 0 Å². The Kier molecular flexibility index (Phi) is 3.54. The molecule has 0 aliphatic rings. The van der Waals surface area contributed by atoms with Crippen LogP contribution in [0.2, 0.25) is 0 Å². The first-order valence-electron chi connectivity index (χ1n) is 5.11. The van der Waals surface area contributed by atoms with Crippen LogP contribution in [0.25, 0.3) is 0 Å². The third kappa shape index (κ3) is 2.70. The van der Waals surface area contributed by atoms with Gasteiger partial charge in [0, 0.05) is 29.5 Å². The Bertz CT molecular complexity index is 526. The van der Waals surface area contributed by atoms with Gasteiger partial charge in [-0.3, -0.25) is 4.68 Å². The minimum Gasteiger partial charge on any atom is -0.323 e. The summed E-state index contributed by atoms with van der Waals surface area (Å²) < 4.78 is 16.0. The van der Waals surface area contributed by atoms with Gasteiger partial charge >= 0.3 is 0 Å². The predicted octanol–water partition coefficient (Wildman–Crippen LogP) is 1.96. The van der Waals surface area contributed by atoms with E-state index in [2.05, 4.69) is 26.0 Å². The number of nitrogens with two attached hydrogens (primary N) is 1. The number of aryl methyl sites for hydroxylation is 1. The molecule has 0 saturated heterocycles. The van der Waals surface area contributed by atoms with Gasteiger partial charge in [-0.05, 0) is 18.2 Å². The fourth-order valence-corrected chi connectivity index (χ4v) is 1.99. The van der Waals surface area contributed by atoms with Crippen LogP contribution < -0.4 is 5.73 Å². The molecule has 0 radical (unpaired) electrons. The van der Waals surface area contributed by atoms with E-state index in [0.29, 0.717) is 12.0 Å². The van der Waals surface area contributed by atoms with Crippen molar-refractivity contribution in [1.29, 1.82) is 0 Å². The van der Waals surface area contributed by atoms with Crippen molar-refractivity contribution in [3.63, 3.8) is 0 Å². The number of benzene rings is 1. The van der Waals surface area contributed by atoms with E-state index in [1.54, 1.807) is 23.9 Å². The van der Waals surface area contributed by atoms with Crippen molar-refractivity contribution >= 4 is 15.9 Å². The van der Waals surface area contributed by atoms with E-state index in [9.17, 15) is 4.39 Å². The molecule has 6 heteroatoms. The first-order chi connectivity index (χ1) is 8.08. The molecule has 0 amide bonds. The van der Waals surface area contributed by atoms with Gasteiger partial charge in [-0.2, -0.15) is 5.10 Å². The minimum atomic E-state index is -0.435. The van der Waals surface area contributed by atoms with E-state index < -0.39 is 6.04 Å². The third-order valence-corrected chi connectivity index (χ3v) is 3.06. The lowest BCUT2D eigenvalue weighted by molar-refractivity contribution is 0.564. The second-order valence-corrected chi connectivity index (χ2v) is 4.69. The third-order valence-electron chi connectivity index (χ3n) is 2.57. The molecule has 2 rings (SSSR count). The van der Waals surface area contributed by atoms with Crippen molar-refractivity contribution < 1.29 is 4.39 Å². The molecule has 1 atom stereocenters. The highest BCUT2D eigenvalue weighted by Gasteiger charge is 2.14. The van der Waals surface area contributed by atoms with E-state index >= 15 is 0 Å². The Hall–Kier alpha value is -1.27. The van der Waals surface area contributed by atoms with Crippen LogP contribution >= 0.6 is 15.9 Å². The first kappa shape index (κ1) is 12.2. The molecule has 1 aromatic carbocycles. The van der Waals surface area contributed by atoms with Crippen LogP contribution in [0.5, 0.6) is 0 Å². The van der Waals surface area contributed by atoms with Crippen molar-refractivity contribution in [2.75, 3.05) is 0 Å². The Morgan fingerprint density at radius 2 is 2.29 bits per heavy atom. The quantitative estimate of drug-likeness (QED) is 0.942. The van der Waals surface area contributed by atoms with Gasteiger partial charge in [0.1, 0.15) is 18.0 Å². The zero-order chi connectivity index (χ0) is 12.4. The molecule has 0 aliphatic heterocycles. The summed E-state index contributed by atoms with van der Waals surface area (Å²) in [6, 6.07) is 4.30. The van der Waals surface area contributed by atoms with Crippen molar-refractivity contribution in [3.05, 3.63) is 46.2 Å². The fourth-order valence-electron chi connectivity index (χ4n) is 1.61. The van der Waals surface area contributed by atoms with E-state index in [0.717, 1.165) is 10.3 Å². The van der Waals surface area contributed by atoms with Crippen LogP contribution in [-0.2, 0) is 13.5 Å². The summed E-state index contributed by atoms with van der Waals surface area (Å²) in [7, 11) is 1.78. The number of nitrogens with zero attached hydrogens (tertiary/aromatic N) is 3. The maximum absolute atomic E-state index is 13.6. The van der Waals surface area contributed by atoms with Gasteiger partial charge in [-0.25, -0.2) is 9.37 Å². The Morgan fingerprint density at radius 1 is 1.53 bits per heavy atom. The summed E-state index contributed by atoms with van der Waals surface area (Å²) in [6.45, 7) is 0. The first-order valence-corrected chi connectivity index (χ1v) is 5.90. The SMILES string of the molecule is Cn1ncnc1CC(N)c1cc(Br)ccc1F. The van der Waals surface area contributed by atoms with Crippen LogP contribution in [0.4, 0.5) is 4.39 Å². The monoisotopic (exact) mass is 298 g/mol. The highest BCUT2D eigenvalue weighted by molar-refractivity contribution is 9.10. The molecule has 0 fully saturated rings. The second kappa shape index (κ2) is 4.93. The summed E-state index contributed by atoms with van der Waals surface area (Å²) >= 11 is 3.30.